The average molecular weight is 403 g/mol. The van der Waals surface area contributed by atoms with Gasteiger partial charge in [-0.1, -0.05) is 35.3 Å². The molecule has 3 rings (SSSR count). The average Bonchev–Trinajstić information content (AvgIpc) is 2.80. The maximum Gasteiger partial charge on any atom is 0.238 e. The van der Waals surface area contributed by atoms with E-state index in [0.29, 0.717) is 30.6 Å². The molecule has 0 radical (unpaired) electrons. The number of hydrogen-bond acceptors (Lipinski definition) is 5. The monoisotopic (exact) mass is 402 g/mol. The van der Waals surface area contributed by atoms with Gasteiger partial charge in [0, 0.05) is 12.5 Å². The molecule has 2 aromatic carbocycles. The quantitative estimate of drug-likeness (QED) is 0.575. The van der Waals surface area contributed by atoms with Crippen molar-refractivity contribution < 1.29 is 18.6 Å². The number of fused-ring (bicyclic) bond motifs is 1. The number of halogens is 2. The van der Waals surface area contributed by atoms with Crippen molar-refractivity contribution in [2.45, 2.75) is 17.2 Å². The lowest BCUT2D eigenvalue weighted by Gasteiger charge is -2.22. The van der Waals surface area contributed by atoms with Crippen molar-refractivity contribution in [2.24, 2.45) is 5.14 Å². The van der Waals surface area contributed by atoms with Gasteiger partial charge in [0.1, 0.15) is 0 Å². The van der Waals surface area contributed by atoms with E-state index in [0.717, 1.165) is 5.56 Å². The number of phenolic OH excluding ortho intramolecular Hbond substituents is 2. The number of phenols is 2. The molecule has 25 heavy (non-hydrogen) atoms. The topological polar surface area (TPSA) is 113 Å². The minimum atomic E-state index is -3.78. The Morgan fingerprint density at radius 3 is 2.28 bits per heavy atom. The molecule has 1 aliphatic rings. The van der Waals surface area contributed by atoms with E-state index in [1.165, 1.54) is 12.1 Å². The van der Waals surface area contributed by atoms with Gasteiger partial charge in [0.25, 0.3) is 0 Å². The lowest BCUT2D eigenvalue weighted by atomic mass is 9.87. The fraction of sp³-hybridized carbons (Fsp3) is 0.250. The largest absolute Gasteiger partial charge is 0.503 e. The Hall–Kier alpha value is -1.51. The van der Waals surface area contributed by atoms with E-state index in [2.05, 4.69) is 5.32 Å². The van der Waals surface area contributed by atoms with E-state index >= 15 is 0 Å². The van der Waals surface area contributed by atoms with Crippen LogP contribution in [0.25, 0.3) is 0 Å². The second-order valence-corrected chi connectivity index (χ2v) is 8.16. The van der Waals surface area contributed by atoms with Gasteiger partial charge in [-0.05, 0) is 41.8 Å². The second kappa shape index (κ2) is 6.66. The van der Waals surface area contributed by atoms with E-state index < -0.39 is 21.5 Å². The van der Waals surface area contributed by atoms with Crippen LogP contribution < -0.4 is 10.5 Å². The fourth-order valence-electron chi connectivity index (χ4n) is 3.07. The summed E-state index contributed by atoms with van der Waals surface area (Å²) >= 11 is 12.5. The predicted octanol–water partition coefficient (Wildman–Crippen LogP) is 2.33. The standard InChI is InChI=1S/C16H16Cl2N2O4S/c17-13-10-5-6-20-7-11(12(10)14(18)16(22)15(13)21)8-1-3-9(4-2-8)25(19,23)24/h1-4,11,20-22H,5-7H2,(H2,19,23,24). The van der Waals surface area contributed by atoms with Gasteiger partial charge in [0.2, 0.25) is 10.0 Å². The van der Waals surface area contributed by atoms with Crippen LogP contribution in [0.1, 0.15) is 22.6 Å². The van der Waals surface area contributed by atoms with E-state index in [4.69, 9.17) is 28.3 Å². The van der Waals surface area contributed by atoms with Crippen molar-refractivity contribution in [1.29, 1.82) is 0 Å². The maximum atomic E-state index is 11.4. The summed E-state index contributed by atoms with van der Waals surface area (Å²) < 4.78 is 22.8. The summed E-state index contributed by atoms with van der Waals surface area (Å²) in [6.07, 6.45) is 0.535. The summed E-state index contributed by atoms with van der Waals surface area (Å²) in [6.45, 7) is 1.14. The van der Waals surface area contributed by atoms with Crippen molar-refractivity contribution in [2.75, 3.05) is 13.1 Å². The Balaban J connectivity index is 2.17. The highest BCUT2D eigenvalue weighted by Gasteiger charge is 2.29. The lowest BCUT2D eigenvalue weighted by Crippen LogP contribution is -2.21. The van der Waals surface area contributed by atoms with Gasteiger partial charge < -0.3 is 15.5 Å². The van der Waals surface area contributed by atoms with Crippen molar-refractivity contribution in [1.82, 2.24) is 5.32 Å². The molecule has 0 bridgehead atoms. The third-order valence-electron chi connectivity index (χ3n) is 4.33. The van der Waals surface area contributed by atoms with E-state index in [1.54, 1.807) is 12.1 Å². The number of rotatable bonds is 2. The molecule has 0 saturated carbocycles. The first-order valence-corrected chi connectivity index (χ1v) is 9.77. The Morgan fingerprint density at radius 1 is 1.08 bits per heavy atom. The number of hydrogen-bond donors (Lipinski definition) is 4. The summed E-state index contributed by atoms with van der Waals surface area (Å²) in [7, 11) is -3.78. The number of benzene rings is 2. The molecular weight excluding hydrogens is 387 g/mol. The second-order valence-electron chi connectivity index (χ2n) is 5.84. The molecule has 5 N–H and O–H groups in total. The zero-order chi connectivity index (χ0) is 18.4. The molecular formula is C16H16Cl2N2O4S. The van der Waals surface area contributed by atoms with E-state index in [-0.39, 0.29) is 20.9 Å². The number of primary sulfonamides is 1. The first-order chi connectivity index (χ1) is 11.7. The Labute approximate surface area is 155 Å². The highest BCUT2D eigenvalue weighted by Crippen LogP contribution is 2.48. The molecule has 1 unspecified atom stereocenters. The number of sulfonamides is 1. The van der Waals surface area contributed by atoms with Gasteiger partial charge in [-0.15, -0.1) is 0 Å². The molecule has 6 nitrogen and oxygen atoms in total. The fourth-order valence-corrected chi connectivity index (χ4v) is 4.21. The summed E-state index contributed by atoms with van der Waals surface area (Å²) in [6, 6.07) is 6.14. The van der Waals surface area contributed by atoms with Gasteiger partial charge in [0.15, 0.2) is 11.5 Å². The molecule has 0 aliphatic carbocycles. The third kappa shape index (κ3) is 3.30. The third-order valence-corrected chi connectivity index (χ3v) is 6.05. The molecule has 1 aliphatic heterocycles. The summed E-state index contributed by atoms with van der Waals surface area (Å²) in [5, 5.41) is 28.5. The molecule has 9 heteroatoms. The molecule has 0 amide bonds. The minimum absolute atomic E-state index is 0.00994. The van der Waals surface area contributed by atoms with Crippen LogP contribution >= 0.6 is 23.2 Å². The predicted molar refractivity (Wildman–Crippen MR) is 96.0 cm³/mol. The number of aromatic hydroxyl groups is 2. The van der Waals surface area contributed by atoms with Crippen LogP contribution in [0.3, 0.4) is 0 Å². The van der Waals surface area contributed by atoms with Crippen molar-refractivity contribution >= 4 is 33.2 Å². The van der Waals surface area contributed by atoms with Crippen LogP contribution in [0.2, 0.25) is 10.0 Å². The van der Waals surface area contributed by atoms with Gasteiger partial charge in [-0.2, -0.15) is 0 Å². The van der Waals surface area contributed by atoms with Crippen LogP contribution in [0, 0.1) is 0 Å². The number of nitrogens with one attached hydrogen (secondary N) is 1. The van der Waals surface area contributed by atoms with Crippen LogP contribution in [-0.2, 0) is 16.4 Å². The smallest absolute Gasteiger partial charge is 0.238 e. The highest BCUT2D eigenvalue weighted by molar-refractivity contribution is 7.89. The Morgan fingerprint density at radius 2 is 1.68 bits per heavy atom. The highest BCUT2D eigenvalue weighted by atomic mass is 35.5. The van der Waals surface area contributed by atoms with Crippen molar-refractivity contribution in [3.8, 4) is 11.5 Å². The molecule has 2 aromatic rings. The van der Waals surface area contributed by atoms with Crippen LogP contribution in [-0.4, -0.2) is 31.7 Å². The lowest BCUT2D eigenvalue weighted by molar-refractivity contribution is 0.403. The SMILES string of the molecule is NS(=O)(=O)c1ccc(C2CNCCc3c(Cl)c(O)c(O)c(Cl)c32)cc1. The van der Waals surface area contributed by atoms with Gasteiger partial charge in [0.05, 0.1) is 14.9 Å². The minimum Gasteiger partial charge on any atom is -0.503 e. The maximum absolute atomic E-state index is 11.4. The molecule has 0 saturated heterocycles. The first kappa shape index (κ1) is 18.3. The molecule has 0 fully saturated rings. The summed E-state index contributed by atoms with van der Waals surface area (Å²) in [4.78, 5) is 0.00994. The van der Waals surface area contributed by atoms with Crippen LogP contribution in [0.15, 0.2) is 29.2 Å². The van der Waals surface area contributed by atoms with Gasteiger partial charge in [-0.25, -0.2) is 13.6 Å². The van der Waals surface area contributed by atoms with Crippen LogP contribution in [0.5, 0.6) is 11.5 Å². The van der Waals surface area contributed by atoms with Crippen molar-refractivity contribution in [3.63, 3.8) is 0 Å². The summed E-state index contributed by atoms with van der Waals surface area (Å²) in [5.74, 6) is -1.17. The van der Waals surface area contributed by atoms with Crippen molar-refractivity contribution in [3.05, 3.63) is 51.0 Å². The van der Waals surface area contributed by atoms with Gasteiger partial charge >= 0.3 is 0 Å². The van der Waals surface area contributed by atoms with Gasteiger partial charge in [-0.3, -0.25) is 0 Å². The molecule has 1 heterocycles. The molecule has 0 aromatic heterocycles. The number of nitrogens with two attached hydrogens (primary N) is 1. The Bertz CT molecular complexity index is 930. The summed E-state index contributed by atoms with van der Waals surface area (Å²) in [5.41, 5.74) is 2.06. The Kier molecular flexibility index (Phi) is 4.87. The molecule has 1 atom stereocenters. The zero-order valence-electron chi connectivity index (χ0n) is 13.0. The normalized spacial score (nSPS) is 17.8. The molecule has 0 spiro atoms. The van der Waals surface area contributed by atoms with Crippen LogP contribution in [0.4, 0.5) is 0 Å². The first-order valence-electron chi connectivity index (χ1n) is 7.47. The van der Waals surface area contributed by atoms with E-state index in [9.17, 15) is 18.6 Å². The zero-order valence-corrected chi connectivity index (χ0v) is 15.3. The molecule has 134 valence electrons. The van der Waals surface area contributed by atoms with E-state index in [1.807, 2.05) is 0 Å².